The molecular weight excluding hydrogens is 465 g/mol. The van der Waals surface area contributed by atoms with Gasteiger partial charge in [-0.25, -0.2) is 0 Å². The summed E-state index contributed by atoms with van der Waals surface area (Å²) >= 11 is 2.12. The lowest BCUT2D eigenvalue weighted by Gasteiger charge is -2.45. The molecule has 5 heteroatoms. The molecule has 1 amide bonds. The van der Waals surface area contributed by atoms with Crippen LogP contribution in [0.5, 0.6) is 0 Å². The van der Waals surface area contributed by atoms with Gasteiger partial charge in [0.15, 0.2) is 11.6 Å². The van der Waals surface area contributed by atoms with Crippen molar-refractivity contribution in [3.63, 3.8) is 0 Å². The monoisotopic (exact) mass is 489 g/mol. The van der Waals surface area contributed by atoms with Crippen molar-refractivity contribution in [2.24, 2.45) is 23.7 Å². The van der Waals surface area contributed by atoms with Crippen LogP contribution < -0.4 is 0 Å². The Morgan fingerprint density at radius 2 is 1.71 bits per heavy atom. The molecule has 28 heavy (non-hydrogen) atoms. The molecule has 0 unspecified atom stereocenters. The van der Waals surface area contributed by atoms with E-state index in [-0.39, 0.29) is 35.9 Å². The van der Waals surface area contributed by atoms with E-state index in [1.807, 2.05) is 64.1 Å². The van der Waals surface area contributed by atoms with Gasteiger partial charge in [0, 0.05) is 11.5 Å². The molecule has 1 aliphatic carbocycles. The average molecular weight is 489 g/mol. The van der Waals surface area contributed by atoms with E-state index in [2.05, 4.69) is 22.6 Å². The average Bonchev–Trinajstić information content (AvgIpc) is 3.04. The molecule has 3 aliphatic rings. The van der Waals surface area contributed by atoms with E-state index < -0.39 is 17.4 Å². The largest absolute Gasteiger partial charge is 0.317 e. The first-order valence-corrected chi connectivity index (χ1v) is 10.9. The van der Waals surface area contributed by atoms with Crippen molar-refractivity contribution in [1.29, 1.82) is 0 Å². The highest BCUT2D eigenvalue weighted by molar-refractivity contribution is 14.1. The quantitative estimate of drug-likeness (QED) is 0.603. The molecule has 2 heterocycles. The number of amides is 1. The third-order valence-corrected chi connectivity index (χ3v) is 7.36. The maximum atomic E-state index is 13.3. The SMILES string of the molecule is CC(C)C1=C[C@]23C(c4ccccc4)=C(I)C(=O)N2CC(=O)[C@@H]3[C@@H](C(C)C)C1=O. The number of nitrogens with zero attached hydrogens (tertiary/aromatic N) is 1. The van der Waals surface area contributed by atoms with E-state index in [1.54, 1.807) is 4.90 Å². The third kappa shape index (κ3) is 2.44. The molecule has 146 valence electrons. The van der Waals surface area contributed by atoms with Crippen LogP contribution in [0.25, 0.3) is 5.57 Å². The van der Waals surface area contributed by atoms with Crippen LogP contribution in [0.2, 0.25) is 0 Å². The number of allylic oxidation sites excluding steroid dienone is 1. The number of benzene rings is 1. The van der Waals surface area contributed by atoms with Gasteiger partial charge in [0.25, 0.3) is 5.91 Å². The lowest BCUT2D eigenvalue weighted by Crippen LogP contribution is -2.54. The van der Waals surface area contributed by atoms with Gasteiger partial charge in [0.1, 0.15) is 5.54 Å². The number of carbonyl (C=O) groups is 3. The van der Waals surface area contributed by atoms with Crippen LogP contribution in [0.3, 0.4) is 0 Å². The minimum absolute atomic E-state index is 0.00297. The number of hydrogen-bond acceptors (Lipinski definition) is 3. The first kappa shape index (κ1) is 19.6. The molecule has 4 rings (SSSR count). The van der Waals surface area contributed by atoms with E-state index in [4.69, 9.17) is 0 Å². The third-order valence-electron chi connectivity index (χ3n) is 6.36. The van der Waals surface area contributed by atoms with E-state index in [0.717, 1.165) is 16.7 Å². The number of ketones is 2. The first-order valence-electron chi connectivity index (χ1n) is 9.79. The van der Waals surface area contributed by atoms with Crippen LogP contribution >= 0.6 is 22.6 Å². The molecule has 2 aliphatic heterocycles. The highest BCUT2D eigenvalue weighted by atomic mass is 127. The van der Waals surface area contributed by atoms with Gasteiger partial charge in [-0.15, -0.1) is 0 Å². The highest BCUT2D eigenvalue weighted by Gasteiger charge is 2.66. The Hall–Kier alpha value is -1.76. The fourth-order valence-corrected chi connectivity index (χ4v) is 6.23. The highest BCUT2D eigenvalue weighted by Crippen LogP contribution is 2.58. The minimum Gasteiger partial charge on any atom is -0.317 e. The zero-order chi connectivity index (χ0) is 20.4. The Morgan fingerprint density at radius 1 is 1.07 bits per heavy atom. The summed E-state index contributed by atoms with van der Waals surface area (Å²) in [7, 11) is 0. The number of Topliss-reactive ketones (excluding diaryl/α,β-unsaturated/α-hetero) is 2. The summed E-state index contributed by atoms with van der Waals surface area (Å²) in [6.45, 7) is 8.09. The summed E-state index contributed by atoms with van der Waals surface area (Å²) in [5, 5.41) is 0. The molecule has 4 nitrogen and oxygen atoms in total. The normalized spacial score (nSPS) is 29.8. The summed E-state index contributed by atoms with van der Waals surface area (Å²) in [6.07, 6.45) is 1.96. The molecule has 1 aromatic rings. The summed E-state index contributed by atoms with van der Waals surface area (Å²) < 4.78 is 0.650. The van der Waals surface area contributed by atoms with Crippen molar-refractivity contribution in [1.82, 2.24) is 4.90 Å². The first-order chi connectivity index (χ1) is 13.2. The summed E-state index contributed by atoms with van der Waals surface area (Å²) in [6, 6.07) is 9.81. The number of halogens is 1. The van der Waals surface area contributed by atoms with Gasteiger partial charge in [-0.2, -0.15) is 0 Å². The second-order valence-corrected chi connectivity index (χ2v) is 9.68. The van der Waals surface area contributed by atoms with E-state index in [9.17, 15) is 14.4 Å². The number of carbonyl (C=O) groups excluding carboxylic acids is 3. The maximum absolute atomic E-state index is 13.3. The molecule has 1 fully saturated rings. The topological polar surface area (TPSA) is 54.5 Å². The van der Waals surface area contributed by atoms with Gasteiger partial charge in [-0.3, -0.25) is 14.4 Å². The van der Waals surface area contributed by atoms with Gasteiger partial charge in [0.05, 0.1) is 16.0 Å². The fraction of sp³-hybridized carbons (Fsp3) is 0.435. The molecule has 1 spiro atoms. The predicted molar refractivity (Wildman–Crippen MR) is 117 cm³/mol. The van der Waals surface area contributed by atoms with Crippen molar-refractivity contribution >= 4 is 45.6 Å². The van der Waals surface area contributed by atoms with E-state index >= 15 is 0 Å². The second kappa shape index (κ2) is 6.65. The summed E-state index contributed by atoms with van der Waals surface area (Å²) in [5.74, 6) is -0.915. The van der Waals surface area contributed by atoms with Gasteiger partial charge >= 0.3 is 0 Å². The molecule has 0 aromatic heterocycles. The maximum Gasteiger partial charge on any atom is 0.261 e. The minimum atomic E-state index is -0.853. The molecule has 0 radical (unpaired) electrons. The Labute approximate surface area is 179 Å². The van der Waals surface area contributed by atoms with Crippen LogP contribution in [0.15, 0.2) is 45.6 Å². The standard InChI is InChI=1S/C23H24INO3/c1-12(2)15-10-23-18(14-8-6-5-7-9-14)20(24)22(28)25(23)11-16(26)19(23)17(13(3)4)21(15)27/h5-10,12-13,17,19H,11H2,1-4H3/t17-,19-,23-/m1/s1. The number of hydrogen-bond donors (Lipinski definition) is 0. The van der Waals surface area contributed by atoms with Crippen molar-refractivity contribution in [2.75, 3.05) is 6.54 Å². The van der Waals surface area contributed by atoms with Gasteiger partial charge in [-0.1, -0.05) is 58.0 Å². The zero-order valence-electron chi connectivity index (χ0n) is 16.5. The molecular formula is C23H24INO3. The van der Waals surface area contributed by atoms with Crippen LogP contribution in [0.4, 0.5) is 0 Å². The van der Waals surface area contributed by atoms with Gasteiger partial charge < -0.3 is 4.90 Å². The molecule has 3 atom stereocenters. The lowest BCUT2D eigenvalue weighted by molar-refractivity contribution is -0.132. The van der Waals surface area contributed by atoms with Crippen molar-refractivity contribution in [3.8, 4) is 0 Å². The fourth-order valence-electron chi connectivity index (χ4n) is 5.20. The Morgan fingerprint density at radius 3 is 2.29 bits per heavy atom. The van der Waals surface area contributed by atoms with Gasteiger partial charge in [0.2, 0.25) is 0 Å². The van der Waals surface area contributed by atoms with Crippen molar-refractivity contribution in [3.05, 3.63) is 51.1 Å². The van der Waals surface area contributed by atoms with Crippen LogP contribution in [0.1, 0.15) is 33.3 Å². The lowest BCUT2D eigenvalue weighted by atomic mass is 9.60. The second-order valence-electron chi connectivity index (χ2n) is 8.60. The Balaban J connectivity index is 2.07. The molecule has 1 aromatic carbocycles. The van der Waals surface area contributed by atoms with Crippen LogP contribution in [-0.2, 0) is 14.4 Å². The van der Waals surface area contributed by atoms with Crippen LogP contribution in [-0.4, -0.2) is 34.5 Å². The summed E-state index contributed by atoms with van der Waals surface area (Å²) in [4.78, 5) is 41.4. The molecule has 1 saturated heterocycles. The van der Waals surface area contributed by atoms with Crippen molar-refractivity contribution in [2.45, 2.75) is 33.2 Å². The van der Waals surface area contributed by atoms with Gasteiger partial charge in [-0.05, 0) is 51.6 Å². The van der Waals surface area contributed by atoms with E-state index in [1.165, 1.54) is 0 Å². The Kier molecular flexibility index (Phi) is 4.64. The van der Waals surface area contributed by atoms with Crippen LogP contribution in [0, 0.1) is 23.7 Å². The predicted octanol–water partition coefficient (Wildman–Crippen LogP) is 4.05. The molecule has 0 saturated carbocycles. The zero-order valence-corrected chi connectivity index (χ0v) is 18.7. The smallest absolute Gasteiger partial charge is 0.261 e. The van der Waals surface area contributed by atoms with Crippen molar-refractivity contribution < 1.29 is 14.4 Å². The number of rotatable bonds is 3. The molecule has 0 bridgehead atoms. The van der Waals surface area contributed by atoms with E-state index in [0.29, 0.717) is 3.58 Å². The Bertz CT molecular complexity index is 944. The summed E-state index contributed by atoms with van der Waals surface area (Å²) in [5.41, 5.74) is 1.71. The molecule has 0 N–H and O–H groups in total.